The average molecular weight is 486 g/mol. The maximum absolute atomic E-state index is 12.2. The van der Waals surface area contributed by atoms with E-state index in [0.29, 0.717) is 75.7 Å². The van der Waals surface area contributed by atoms with Crippen LogP contribution in [0.2, 0.25) is 0 Å². The van der Waals surface area contributed by atoms with E-state index >= 15 is 0 Å². The van der Waals surface area contributed by atoms with Gasteiger partial charge in [0.2, 0.25) is 11.9 Å². The van der Waals surface area contributed by atoms with Gasteiger partial charge in [-0.3, -0.25) is 9.59 Å². The number of carboxylic acids is 1. The molecule has 0 aromatic carbocycles. The van der Waals surface area contributed by atoms with E-state index < -0.39 is 5.97 Å². The minimum Gasteiger partial charge on any atom is -0.481 e. The lowest BCUT2D eigenvalue weighted by molar-refractivity contribution is -0.138. The second-order valence-corrected chi connectivity index (χ2v) is 7.30. The van der Waals surface area contributed by atoms with Crippen molar-refractivity contribution in [2.45, 2.75) is 6.42 Å². The van der Waals surface area contributed by atoms with Crippen molar-refractivity contribution in [1.29, 1.82) is 0 Å². The largest absolute Gasteiger partial charge is 0.481 e. The van der Waals surface area contributed by atoms with Crippen molar-refractivity contribution < 1.29 is 24.2 Å². The lowest BCUT2D eigenvalue weighted by atomic mass is 10.3. The van der Waals surface area contributed by atoms with Crippen molar-refractivity contribution in [3.05, 3.63) is 40.8 Å². The van der Waals surface area contributed by atoms with E-state index in [-0.39, 0.29) is 18.9 Å². The Hall–Kier alpha value is -4.07. The fraction of sp³-hybridized carbons (Fsp3) is 0.500. The number of hydrogen-bond donors (Lipinski definition) is 2. The molecule has 2 aromatic rings. The molecule has 0 radical (unpaired) electrons. The van der Waals surface area contributed by atoms with Crippen LogP contribution in [-0.4, -0.2) is 96.1 Å². The van der Waals surface area contributed by atoms with E-state index in [2.05, 4.69) is 35.3 Å². The van der Waals surface area contributed by atoms with E-state index in [9.17, 15) is 9.59 Å². The highest BCUT2D eigenvalue weighted by atomic mass is 16.5. The number of azide groups is 1. The predicted octanol–water partition coefficient (Wildman–Crippen LogP) is 0.773. The molecule has 1 aliphatic rings. The molecule has 3 rings (SSSR count). The van der Waals surface area contributed by atoms with Gasteiger partial charge < -0.3 is 29.7 Å². The molecule has 0 bridgehead atoms. The molecule has 186 valence electrons. The summed E-state index contributed by atoms with van der Waals surface area (Å²) in [5, 5.41) is 14.7. The Bertz CT molecular complexity index is 1010. The molecule has 1 amide bonds. The van der Waals surface area contributed by atoms with Crippen molar-refractivity contribution in [1.82, 2.24) is 25.3 Å². The maximum atomic E-state index is 12.2. The number of piperazine rings is 1. The fourth-order valence-electron chi connectivity index (χ4n) is 3.11. The first-order chi connectivity index (χ1) is 17.1. The third kappa shape index (κ3) is 8.33. The fourth-order valence-corrected chi connectivity index (χ4v) is 3.11. The summed E-state index contributed by atoms with van der Waals surface area (Å²) in [7, 11) is 0. The summed E-state index contributed by atoms with van der Waals surface area (Å²) < 4.78 is 10.4. The third-order valence-corrected chi connectivity index (χ3v) is 4.89. The highest BCUT2D eigenvalue weighted by Crippen LogP contribution is 2.16. The first-order valence-electron chi connectivity index (χ1n) is 10.9. The van der Waals surface area contributed by atoms with Crippen molar-refractivity contribution in [3.8, 4) is 0 Å². The topological polar surface area (TPSA) is 192 Å². The Morgan fingerprint density at radius 1 is 0.943 bits per heavy atom. The zero-order valence-electron chi connectivity index (χ0n) is 19.0. The van der Waals surface area contributed by atoms with E-state index in [0.717, 1.165) is 0 Å². The maximum Gasteiger partial charge on any atom is 0.305 e. The molecule has 0 saturated carbocycles. The van der Waals surface area contributed by atoms with Gasteiger partial charge in [0.15, 0.2) is 0 Å². The van der Waals surface area contributed by atoms with Crippen molar-refractivity contribution in [3.63, 3.8) is 0 Å². The Morgan fingerprint density at radius 2 is 1.49 bits per heavy atom. The van der Waals surface area contributed by atoms with Gasteiger partial charge in [-0.2, -0.15) is 0 Å². The van der Waals surface area contributed by atoms with Crippen LogP contribution in [0.4, 0.5) is 17.6 Å². The molecule has 0 aliphatic carbocycles. The van der Waals surface area contributed by atoms with Crippen LogP contribution in [-0.2, 0) is 14.3 Å². The van der Waals surface area contributed by atoms with Gasteiger partial charge in [-0.05, 0) is 5.53 Å². The number of carbonyl (C=O) groups is 2. The van der Waals surface area contributed by atoms with Crippen LogP contribution in [0.25, 0.3) is 10.4 Å². The number of amides is 1. The zero-order chi connectivity index (χ0) is 24.9. The van der Waals surface area contributed by atoms with Crippen LogP contribution in [0.3, 0.4) is 0 Å². The lowest BCUT2D eigenvalue weighted by Crippen LogP contribution is -2.47. The van der Waals surface area contributed by atoms with Gasteiger partial charge in [-0.1, -0.05) is 5.11 Å². The number of anilines is 2. The van der Waals surface area contributed by atoms with Crippen LogP contribution in [0.15, 0.2) is 29.9 Å². The second-order valence-electron chi connectivity index (χ2n) is 7.30. The molecule has 35 heavy (non-hydrogen) atoms. The van der Waals surface area contributed by atoms with Gasteiger partial charge in [0.05, 0.1) is 44.1 Å². The molecular weight excluding hydrogens is 460 g/mol. The van der Waals surface area contributed by atoms with E-state index in [4.69, 9.17) is 20.1 Å². The molecule has 1 saturated heterocycles. The Labute approximate surface area is 200 Å². The molecule has 0 atom stereocenters. The molecule has 1 fully saturated rings. The molecule has 0 spiro atoms. The summed E-state index contributed by atoms with van der Waals surface area (Å²) in [6.45, 7) is 4.00. The van der Waals surface area contributed by atoms with Gasteiger partial charge in [0.1, 0.15) is 0 Å². The van der Waals surface area contributed by atoms with Gasteiger partial charge in [-0.15, -0.1) is 0 Å². The molecule has 3 heterocycles. The van der Waals surface area contributed by atoms with Gasteiger partial charge in [0.25, 0.3) is 5.91 Å². The summed E-state index contributed by atoms with van der Waals surface area (Å²) in [5.74, 6) is -0.115. The van der Waals surface area contributed by atoms with Gasteiger partial charge >= 0.3 is 5.97 Å². The zero-order valence-corrected chi connectivity index (χ0v) is 19.0. The molecule has 0 unspecified atom stereocenters. The number of nitrogens with one attached hydrogen (secondary N) is 1. The van der Waals surface area contributed by atoms with Crippen LogP contribution in [0.5, 0.6) is 0 Å². The van der Waals surface area contributed by atoms with Gasteiger partial charge in [0, 0.05) is 62.4 Å². The summed E-state index contributed by atoms with van der Waals surface area (Å²) in [5.41, 5.74) is 9.16. The minimum absolute atomic E-state index is 0.0439. The molecule has 15 heteroatoms. The highest BCUT2D eigenvalue weighted by molar-refractivity contribution is 5.93. The smallest absolute Gasteiger partial charge is 0.305 e. The first-order valence-corrected chi connectivity index (χ1v) is 10.9. The molecule has 2 N–H and O–H groups in total. The SMILES string of the molecule is [N-]=[N+]=Nc1cnc(N2CCN(c3ncc(C(=O)NCCOCCOCCC(=O)O)cn3)CC2)nc1. The summed E-state index contributed by atoms with van der Waals surface area (Å²) in [4.78, 5) is 46.4. The number of carboxylic acid groups (broad SMARTS) is 1. The number of rotatable bonds is 13. The van der Waals surface area contributed by atoms with Crippen LogP contribution < -0.4 is 15.1 Å². The summed E-state index contributed by atoms with van der Waals surface area (Å²) >= 11 is 0. The number of carbonyl (C=O) groups excluding carboxylic acids is 1. The van der Waals surface area contributed by atoms with Crippen LogP contribution in [0, 0.1) is 0 Å². The van der Waals surface area contributed by atoms with Crippen LogP contribution >= 0.6 is 0 Å². The highest BCUT2D eigenvalue weighted by Gasteiger charge is 2.21. The molecular formula is C20H26N10O5. The Kier molecular flexibility index (Phi) is 9.92. The number of aromatic nitrogens is 4. The molecule has 15 nitrogen and oxygen atoms in total. The number of nitrogens with zero attached hydrogens (tertiary/aromatic N) is 9. The average Bonchev–Trinajstić information content (AvgIpc) is 2.88. The van der Waals surface area contributed by atoms with Crippen molar-refractivity contribution in [2.24, 2.45) is 5.11 Å². The first kappa shape index (κ1) is 25.6. The second kappa shape index (κ2) is 13.6. The lowest BCUT2D eigenvalue weighted by Gasteiger charge is -2.34. The standard InChI is InChI=1S/C20H26N10O5/c21-28-27-16-13-25-20(26-14-16)30-5-3-29(4-6-30)19-23-11-15(12-24-19)18(33)22-2-8-35-10-9-34-7-1-17(31)32/h11-14H,1-10H2,(H,22,33)(H,31,32). The number of ether oxygens (including phenoxy) is 2. The van der Waals surface area contributed by atoms with Crippen molar-refractivity contribution >= 4 is 29.5 Å². The normalized spacial score (nSPS) is 13.3. The molecule has 2 aromatic heterocycles. The minimum atomic E-state index is -0.907. The predicted molar refractivity (Wildman–Crippen MR) is 124 cm³/mol. The van der Waals surface area contributed by atoms with Gasteiger partial charge in [-0.25, -0.2) is 19.9 Å². The quantitative estimate of drug-likeness (QED) is 0.176. The summed E-state index contributed by atoms with van der Waals surface area (Å²) in [6, 6.07) is 0. The number of aliphatic carboxylic acids is 1. The summed E-state index contributed by atoms with van der Waals surface area (Å²) in [6.07, 6.45) is 5.88. The Balaban J connectivity index is 1.35. The monoisotopic (exact) mass is 486 g/mol. The van der Waals surface area contributed by atoms with E-state index in [1.165, 1.54) is 24.8 Å². The molecule has 1 aliphatic heterocycles. The van der Waals surface area contributed by atoms with E-state index in [1.54, 1.807) is 0 Å². The third-order valence-electron chi connectivity index (χ3n) is 4.89. The van der Waals surface area contributed by atoms with E-state index in [1.807, 2.05) is 9.80 Å². The van der Waals surface area contributed by atoms with Crippen molar-refractivity contribution in [2.75, 3.05) is 69.0 Å². The number of hydrogen-bond acceptors (Lipinski definition) is 11. The van der Waals surface area contributed by atoms with Crippen LogP contribution in [0.1, 0.15) is 16.8 Å². The Morgan fingerprint density at radius 3 is 2.03 bits per heavy atom.